The van der Waals surface area contributed by atoms with Gasteiger partial charge in [0, 0.05) is 24.6 Å². The average molecular weight is 600 g/mol. The van der Waals surface area contributed by atoms with Gasteiger partial charge >= 0.3 is 12.4 Å². The van der Waals surface area contributed by atoms with Gasteiger partial charge in [0.05, 0.1) is 31.7 Å². The number of aromatic amines is 1. The van der Waals surface area contributed by atoms with E-state index in [1.165, 1.54) is 23.4 Å². The van der Waals surface area contributed by atoms with Crippen LogP contribution in [-0.4, -0.2) is 81.8 Å². The first-order valence-electron chi connectivity index (χ1n) is 12.6. The summed E-state index contributed by atoms with van der Waals surface area (Å²) in [6.07, 6.45) is 0.483. The highest BCUT2D eigenvalue weighted by molar-refractivity contribution is 8.07. The van der Waals surface area contributed by atoms with E-state index in [2.05, 4.69) is 19.9 Å². The minimum Gasteiger partial charge on any atom is -0.394 e. The number of nitrogens with zero attached hydrogens (tertiary/aromatic N) is 5. The fraction of sp³-hybridized carbons (Fsp3) is 0.591. The lowest BCUT2D eigenvalue weighted by Crippen LogP contribution is -2.34. The standard InChI is InChI=1S/C22H30N7O9PS/c1-2-3-11-6-28(22(33)27-21(11)32)17-5-13(14(7-30)36-17)38-39(34,40)35-8-15-12(31)4-16(37-15)29-10-26-18-19(23)24-9-25-20(18)29/h6,9-10,12-17,30-31H,2-5,7-8H2,1H3,(H,34,40)(H2,23,24,25)(H,27,32,33)/t12?,13?,14-,15-,16-,17-,39?/m1/s1. The van der Waals surface area contributed by atoms with Gasteiger partial charge in [0.2, 0.25) is 0 Å². The average Bonchev–Trinajstić information content (AvgIpc) is 3.61. The fourth-order valence-electron chi connectivity index (χ4n) is 4.82. The normalized spacial score (nSPS) is 28.3. The number of nitrogen functional groups attached to an aromatic ring is 1. The van der Waals surface area contributed by atoms with Crippen molar-refractivity contribution in [2.24, 2.45) is 0 Å². The molecule has 218 valence electrons. The van der Waals surface area contributed by atoms with Gasteiger partial charge in [-0.25, -0.2) is 19.7 Å². The van der Waals surface area contributed by atoms with Crippen LogP contribution in [-0.2, 0) is 36.7 Å². The number of imidazole rings is 1. The van der Waals surface area contributed by atoms with Crippen LogP contribution in [0.4, 0.5) is 5.82 Å². The summed E-state index contributed by atoms with van der Waals surface area (Å²) in [5, 5.41) is 20.4. The van der Waals surface area contributed by atoms with E-state index >= 15 is 0 Å². The molecular weight excluding hydrogens is 569 g/mol. The number of ether oxygens (including phenoxy) is 2. The molecule has 3 unspecified atom stereocenters. The summed E-state index contributed by atoms with van der Waals surface area (Å²) in [5.41, 5.74) is 5.96. The fourth-order valence-corrected chi connectivity index (χ4v) is 6.29. The maximum absolute atomic E-state index is 12.4. The number of hydrogen-bond acceptors (Lipinski definition) is 13. The first kappa shape index (κ1) is 28.9. The summed E-state index contributed by atoms with van der Waals surface area (Å²) in [4.78, 5) is 49.8. The van der Waals surface area contributed by atoms with Gasteiger partial charge in [-0.2, -0.15) is 0 Å². The van der Waals surface area contributed by atoms with E-state index in [0.29, 0.717) is 29.6 Å². The molecule has 0 amide bonds. The molecule has 6 N–H and O–H groups in total. The first-order valence-corrected chi connectivity index (χ1v) is 15.2. The Kier molecular flexibility index (Phi) is 8.47. The molecule has 2 aliphatic rings. The number of nitrogens with two attached hydrogens (primary N) is 1. The molecule has 3 aromatic rings. The van der Waals surface area contributed by atoms with E-state index in [9.17, 15) is 24.7 Å². The Morgan fingerprint density at radius 2 is 1.95 bits per heavy atom. The zero-order valence-corrected chi connectivity index (χ0v) is 23.1. The van der Waals surface area contributed by atoms with Crippen LogP contribution in [0.2, 0.25) is 0 Å². The molecule has 40 heavy (non-hydrogen) atoms. The number of nitrogens with one attached hydrogen (secondary N) is 1. The number of hydrogen-bond donors (Lipinski definition) is 5. The van der Waals surface area contributed by atoms with Crippen LogP contribution in [0.15, 0.2) is 28.4 Å². The summed E-state index contributed by atoms with van der Waals surface area (Å²) >= 11 is 5.18. The van der Waals surface area contributed by atoms with Crippen LogP contribution in [0.1, 0.15) is 44.2 Å². The van der Waals surface area contributed by atoms with Crippen molar-refractivity contribution < 1.29 is 33.6 Å². The second-order valence-corrected chi connectivity index (χ2v) is 12.3. The Balaban J connectivity index is 1.22. The smallest absolute Gasteiger partial charge is 0.330 e. The number of aliphatic hydroxyl groups is 2. The Morgan fingerprint density at radius 3 is 2.70 bits per heavy atom. The molecule has 16 nitrogen and oxygen atoms in total. The number of aryl methyl sites for hydroxylation is 1. The third-order valence-electron chi connectivity index (χ3n) is 6.80. The first-order chi connectivity index (χ1) is 19.1. The van der Waals surface area contributed by atoms with Gasteiger partial charge in [-0.15, -0.1) is 0 Å². The van der Waals surface area contributed by atoms with Crippen molar-refractivity contribution in [3.63, 3.8) is 0 Å². The second-order valence-electron chi connectivity index (χ2n) is 9.54. The van der Waals surface area contributed by atoms with Gasteiger partial charge in [0.15, 0.2) is 11.5 Å². The van der Waals surface area contributed by atoms with Crippen LogP contribution in [0.25, 0.3) is 11.2 Å². The van der Waals surface area contributed by atoms with Crippen molar-refractivity contribution in [2.45, 2.75) is 69.5 Å². The Hall–Kier alpha value is -2.60. The quantitative estimate of drug-likeness (QED) is 0.185. The van der Waals surface area contributed by atoms with E-state index < -0.39 is 61.4 Å². The number of fused-ring (bicyclic) bond motifs is 1. The molecule has 2 aliphatic heterocycles. The summed E-state index contributed by atoms with van der Waals surface area (Å²) in [6, 6.07) is 0. The van der Waals surface area contributed by atoms with E-state index in [4.69, 9.17) is 36.1 Å². The molecule has 2 saturated heterocycles. The van der Waals surface area contributed by atoms with Crippen molar-refractivity contribution in [3.05, 3.63) is 45.3 Å². The van der Waals surface area contributed by atoms with Crippen LogP contribution < -0.4 is 17.0 Å². The molecule has 0 radical (unpaired) electrons. The van der Waals surface area contributed by atoms with Crippen LogP contribution in [0.5, 0.6) is 0 Å². The molecule has 0 aromatic carbocycles. The molecule has 18 heteroatoms. The molecule has 0 aliphatic carbocycles. The summed E-state index contributed by atoms with van der Waals surface area (Å²) < 4.78 is 25.7. The topological polar surface area (TPSA) is 222 Å². The second kappa shape index (κ2) is 11.7. The Morgan fingerprint density at radius 1 is 1.20 bits per heavy atom. The molecule has 3 aromatic heterocycles. The largest absolute Gasteiger partial charge is 0.394 e. The van der Waals surface area contributed by atoms with Gasteiger partial charge in [-0.1, -0.05) is 13.3 Å². The van der Waals surface area contributed by atoms with E-state index in [-0.39, 0.29) is 25.3 Å². The van der Waals surface area contributed by atoms with Crippen molar-refractivity contribution in [2.75, 3.05) is 18.9 Å². The van der Waals surface area contributed by atoms with Gasteiger partial charge in [-0.3, -0.25) is 18.9 Å². The minimum atomic E-state index is -3.91. The van der Waals surface area contributed by atoms with Crippen molar-refractivity contribution in [1.82, 2.24) is 29.1 Å². The summed E-state index contributed by atoms with van der Waals surface area (Å²) in [6.45, 7) is -2.76. The van der Waals surface area contributed by atoms with Gasteiger partial charge < -0.3 is 39.4 Å². The molecule has 5 heterocycles. The van der Waals surface area contributed by atoms with E-state index in [1.807, 2.05) is 6.92 Å². The monoisotopic (exact) mass is 599 g/mol. The maximum Gasteiger partial charge on any atom is 0.330 e. The van der Waals surface area contributed by atoms with Crippen molar-refractivity contribution in [3.8, 4) is 0 Å². The number of aliphatic hydroxyl groups excluding tert-OH is 2. The molecule has 0 bridgehead atoms. The van der Waals surface area contributed by atoms with Crippen molar-refractivity contribution >= 4 is 35.5 Å². The molecule has 2 fully saturated rings. The highest BCUT2D eigenvalue weighted by Gasteiger charge is 2.42. The summed E-state index contributed by atoms with van der Waals surface area (Å²) in [7, 11) is 0. The predicted octanol–water partition coefficient (Wildman–Crippen LogP) is -0.542. The highest BCUT2D eigenvalue weighted by atomic mass is 32.5. The SMILES string of the molecule is CCCc1cn([C@H]2CC(OP(O)(=S)OC[C@H]3O[C@@H](n4cnc5c(N)ncnc54)CC3O)[C@@H](CO)O2)c(=O)[nH]c1=O. The Bertz CT molecular complexity index is 1530. The maximum atomic E-state index is 12.4. The van der Waals surface area contributed by atoms with Gasteiger partial charge in [-0.05, 0) is 18.2 Å². The molecule has 5 rings (SSSR count). The lowest BCUT2D eigenvalue weighted by Gasteiger charge is -2.24. The zero-order chi connectivity index (χ0) is 28.6. The third kappa shape index (κ3) is 5.88. The number of H-pyrrole nitrogens is 1. The predicted molar refractivity (Wildman–Crippen MR) is 143 cm³/mol. The van der Waals surface area contributed by atoms with Crippen LogP contribution in [0, 0.1) is 0 Å². The molecule has 7 atom stereocenters. The lowest BCUT2D eigenvalue weighted by molar-refractivity contribution is -0.0520. The highest BCUT2D eigenvalue weighted by Crippen LogP contribution is 2.49. The van der Waals surface area contributed by atoms with Gasteiger partial charge in [0.1, 0.15) is 36.5 Å². The number of aromatic nitrogens is 6. The lowest BCUT2D eigenvalue weighted by atomic mass is 10.2. The zero-order valence-electron chi connectivity index (χ0n) is 21.4. The third-order valence-corrected chi connectivity index (χ3v) is 8.39. The van der Waals surface area contributed by atoms with E-state index in [0.717, 1.165) is 0 Å². The van der Waals surface area contributed by atoms with Crippen molar-refractivity contribution in [1.29, 1.82) is 0 Å². The molecular formula is C22H30N7O9PS. The summed E-state index contributed by atoms with van der Waals surface area (Å²) in [5.74, 6) is 0.214. The Labute approximate surface area is 232 Å². The minimum absolute atomic E-state index is 0.0500. The molecule has 0 spiro atoms. The molecule has 0 saturated carbocycles. The van der Waals surface area contributed by atoms with Crippen LogP contribution in [0.3, 0.4) is 0 Å². The van der Waals surface area contributed by atoms with Gasteiger partial charge in [0.25, 0.3) is 5.56 Å². The van der Waals surface area contributed by atoms with E-state index in [1.54, 1.807) is 4.57 Å². The number of anilines is 1. The van der Waals surface area contributed by atoms with Crippen LogP contribution >= 0.6 is 6.72 Å². The number of rotatable bonds is 10.